The lowest BCUT2D eigenvalue weighted by atomic mass is 10.1. The number of nitrogens with two attached hydrogens (primary N) is 1. The zero-order chi connectivity index (χ0) is 19.2. The highest BCUT2D eigenvalue weighted by atomic mass is 16.2. The fourth-order valence-corrected chi connectivity index (χ4v) is 3.37. The topological polar surface area (TPSA) is 91.6 Å². The summed E-state index contributed by atoms with van der Waals surface area (Å²) in [5.74, 6) is -0.0533. The Morgan fingerprint density at radius 1 is 1.19 bits per heavy atom. The number of rotatable bonds is 5. The first-order chi connectivity index (χ1) is 13.1. The van der Waals surface area contributed by atoms with Gasteiger partial charge in [-0.2, -0.15) is 0 Å². The average Bonchev–Trinajstić information content (AvgIpc) is 2.72. The van der Waals surface area contributed by atoms with Crippen LogP contribution in [0.4, 0.5) is 5.82 Å². The first-order valence-corrected chi connectivity index (χ1v) is 9.09. The van der Waals surface area contributed by atoms with Gasteiger partial charge in [0.15, 0.2) is 0 Å². The van der Waals surface area contributed by atoms with E-state index >= 15 is 0 Å². The molecule has 1 aromatic heterocycles. The molecule has 0 radical (unpaired) electrons. The summed E-state index contributed by atoms with van der Waals surface area (Å²) in [5.41, 5.74) is 7.45. The highest BCUT2D eigenvalue weighted by Crippen LogP contribution is 2.17. The van der Waals surface area contributed by atoms with Crippen molar-refractivity contribution >= 4 is 17.6 Å². The van der Waals surface area contributed by atoms with Crippen molar-refractivity contribution in [3.63, 3.8) is 0 Å². The molecule has 1 unspecified atom stereocenters. The summed E-state index contributed by atoms with van der Waals surface area (Å²) >= 11 is 0. The lowest BCUT2D eigenvalue weighted by Crippen LogP contribution is -2.60. The summed E-state index contributed by atoms with van der Waals surface area (Å²) in [4.78, 5) is 33.1. The van der Waals surface area contributed by atoms with Crippen molar-refractivity contribution in [3.05, 3.63) is 59.8 Å². The fourth-order valence-electron chi connectivity index (χ4n) is 3.37. The lowest BCUT2D eigenvalue weighted by molar-refractivity contribution is -0.127. The van der Waals surface area contributed by atoms with Crippen LogP contribution >= 0.6 is 0 Å². The molecule has 7 nitrogen and oxygen atoms in total. The Labute approximate surface area is 159 Å². The average molecular weight is 367 g/mol. The number of likely N-dealkylation sites (N-methyl/N-ethyl adjacent to an activating group) is 1. The first-order valence-electron chi connectivity index (χ1n) is 9.09. The largest absolute Gasteiger partial charge is 0.383 e. The normalized spacial score (nSPS) is 17.5. The van der Waals surface area contributed by atoms with Crippen LogP contribution in [0, 0.1) is 0 Å². The number of anilines is 1. The van der Waals surface area contributed by atoms with E-state index in [2.05, 4.69) is 27.3 Å². The zero-order valence-electron chi connectivity index (χ0n) is 15.5. The molecule has 1 atom stereocenters. The van der Waals surface area contributed by atoms with E-state index in [1.54, 1.807) is 30.3 Å². The predicted octanol–water partition coefficient (Wildman–Crippen LogP) is 0.779. The second-order valence-electron chi connectivity index (χ2n) is 6.59. The summed E-state index contributed by atoms with van der Waals surface area (Å²) < 4.78 is 0. The molecule has 1 aliphatic rings. The first kappa shape index (κ1) is 18.8. The zero-order valence-corrected chi connectivity index (χ0v) is 15.5. The minimum atomic E-state index is -0.380. The highest BCUT2D eigenvalue weighted by molar-refractivity contribution is 5.98. The summed E-state index contributed by atoms with van der Waals surface area (Å²) in [5, 5.41) is 2.72. The minimum Gasteiger partial charge on any atom is -0.383 e. The van der Waals surface area contributed by atoms with Crippen molar-refractivity contribution in [2.45, 2.75) is 12.5 Å². The molecule has 2 heterocycles. The van der Waals surface area contributed by atoms with Gasteiger partial charge < -0.3 is 16.0 Å². The molecular formula is C20H25N5O2. The van der Waals surface area contributed by atoms with Gasteiger partial charge >= 0.3 is 0 Å². The Hall–Kier alpha value is -2.93. The van der Waals surface area contributed by atoms with Gasteiger partial charge in [-0.15, -0.1) is 0 Å². The maximum atomic E-state index is 12.8. The molecule has 3 rings (SSSR count). The highest BCUT2D eigenvalue weighted by Gasteiger charge is 2.34. The molecule has 1 aromatic carbocycles. The number of nitrogens with one attached hydrogen (secondary N) is 1. The van der Waals surface area contributed by atoms with Crippen LogP contribution in [0.3, 0.4) is 0 Å². The molecule has 2 amide bonds. The van der Waals surface area contributed by atoms with Gasteiger partial charge in [0.05, 0.1) is 5.56 Å². The Kier molecular flexibility index (Phi) is 6.03. The summed E-state index contributed by atoms with van der Waals surface area (Å²) in [6.07, 6.45) is 2.42. The van der Waals surface area contributed by atoms with Crippen LogP contribution in [0.15, 0.2) is 48.7 Å². The number of amides is 2. The molecule has 0 spiro atoms. The fraction of sp³-hybridized carbons (Fsp3) is 0.350. The van der Waals surface area contributed by atoms with Crippen LogP contribution in [0.5, 0.6) is 0 Å². The predicted molar refractivity (Wildman–Crippen MR) is 104 cm³/mol. The van der Waals surface area contributed by atoms with Gasteiger partial charge in [-0.1, -0.05) is 30.3 Å². The van der Waals surface area contributed by atoms with Crippen LogP contribution in [0.2, 0.25) is 0 Å². The van der Waals surface area contributed by atoms with E-state index in [9.17, 15) is 9.59 Å². The van der Waals surface area contributed by atoms with Gasteiger partial charge in [0, 0.05) is 39.4 Å². The van der Waals surface area contributed by atoms with E-state index in [-0.39, 0.29) is 23.7 Å². The van der Waals surface area contributed by atoms with Crippen molar-refractivity contribution in [1.82, 2.24) is 20.1 Å². The van der Waals surface area contributed by atoms with Gasteiger partial charge in [0.25, 0.3) is 5.91 Å². The molecule has 27 heavy (non-hydrogen) atoms. The number of hydrogen-bond donors (Lipinski definition) is 2. The molecule has 0 aliphatic carbocycles. The van der Waals surface area contributed by atoms with Crippen molar-refractivity contribution in [1.29, 1.82) is 0 Å². The van der Waals surface area contributed by atoms with Crippen molar-refractivity contribution in [2.24, 2.45) is 0 Å². The molecule has 7 heteroatoms. The quantitative estimate of drug-likeness (QED) is 0.815. The van der Waals surface area contributed by atoms with E-state index < -0.39 is 0 Å². The maximum Gasteiger partial charge on any atom is 0.257 e. The van der Waals surface area contributed by atoms with E-state index in [0.717, 1.165) is 13.0 Å². The van der Waals surface area contributed by atoms with Gasteiger partial charge in [0.1, 0.15) is 11.9 Å². The molecule has 1 fully saturated rings. The number of pyridine rings is 1. The van der Waals surface area contributed by atoms with Gasteiger partial charge in [-0.3, -0.25) is 14.5 Å². The Morgan fingerprint density at radius 3 is 2.67 bits per heavy atom. The van der Waals surface area contributed by atoms with Gasteiger partial charge in [-0.25, -0.2) is 4.98 Å². The van der Waals surface area contributed by atoms with Crippen molar-refractivity contribution in [2.75, 3.05) is 39.0 Å². The third kappa shape index (κ3) is 4.43. The maximum absolute atomic E-state index is 12.8. The number of hydrogen-bond acceptors (Lipinski definition) is 5. The summed E-state index contributed by atoms with van der Waals surface area (Å²) in [7, 11) is 1.62. The molecule has 0 saturated carbocycles. The molecule has 0 bridgehead atoms. The smallest absolute Gasteiger partial charge is 0.257 e. The second kappa shape index (κ2) is 8.64. The van der Waals surface area contributed by atoms with Crippen LogP contribution in [-0.2, 0) is 11.2 Å². The summed E-state index contributed by atoms with van der Waals surface area (Å²) in [6.45, 7) is 2.28. The number of nitrogens with zero attached hydrogens (tertiary/aromatic N) is 3. The Bertz CT molecular complexity index is 796. The lowest BCUT2D eigenvalue weighted by Gasteiger charge is -2.40. The molecule has 142 valence electrons. The SMILES string of the molecule is CNC(=O)C1CN(C(=O)c2cccnc2N)CCN1CCc1ccccc1. The van der Waals surface area contributed by atoms with E-state index in [1.165, 1.54) is 5.56 Å². The van der Waals surface area contributed by atoms with Crippen LogP contribution in [0.1, 0.15) is 15.9 Å². The number of carbonyl (C=O) groups excluding carboxylic acids is 2. The molecule has 3 N–H and O–H groups in total. The number of nitrogen functional groups attached to an aromatic ring is 1. The second-order valence-corrected chi connectivity index (χ2v) is 6.59. The van der Waals surface area contributed by atoms with Crippen LogP contribution in [-0.4, -0.2) is 65.9 Å². The molecule has 1 saturated heterocycles. The van der Waals surface area contributed by atoms with E-state index in [4.69, 9.17) is 5.73 Å². The van der Waals surface area contributed by atoms with Crippen LogP contribution in [0.25, 0.3) is 0 Å². The molecule has 1 aliphatic heterocycles. The van der Waals surface area contributed by atoms with Crippen LogP contribution < -0.4 is 11.1 Å². The molecular weight excluding hydrogens is 342 g/mol. The van der Waals surface area contributed by atoms with Gasteiger partial charge in [0.2, 0.25) is 5.91 Å². The van der Waals surface area contributed by atoms with Crippen molar-refractivity contribution in [3.8, 4) is 0 Å². The van der Waals surface area contributed by atoms with Gasteiger partial charge in [-0.05, 0) is 24.1 Å². The van der Waals surface area contributed by atoms with E-state index in [0.29, 0.717) is 25.2 Å². The minimum absolute atomic E-state index is 0.0836. The van der Waals surface area contributed by atoms with E-state index in [1.807, 2.05) is 18.2 Å². The third-order valence-electron chi connectivity index (χ3n) is 4.93. The monoisotopic (exact) mass is 367 g/mol. The van der Waals surface area contributed by atoms with Crippen molar-refractivity contribution < 1.29 is 9.59 Å². The number of aromatic nitrogens is 1. The summed E-state index contributed by atoms with van der Waals surface area (Å²) in [6, 6.07) is 13.2. The number of piperazine rings is 1. The molecule has 2 aromatic rings. The number of carbonyl (C=O) groups is 2. The standard InChI is InChI=1S/C20H25N5O2/c1-22-19(26)17-14-25(20(27)16-8-5-10-23-18(16)21)13-12-24(17)11-9-15-6-3-2-4-7-15/h2-8,10,17H,9,11-14H2,1H3,(H2,21,23)(H,22,26). The number of benzene rings is 1. The Morgan fingerprint density at radius 2 is 1.96 bits per heavy atom. The third-order valence-corrected chi connectivity index (χ3v) is 4.93. The Balaban J connectivity index is 1.70.